The third-order valence-corrected chi connectivity index (χ3v) is 4.78. The average Bonchev–Trinajstić information content (AvgIpc) is 3.22. The van der Waals surface area contributed by atoms with Crippen molar-refractivity contribution in [3.63, 3.8) is 0 Å². The van der Waals surface area contributed by atoms with Gasteiger partial charge in [0.05, 0.1) is 11.4 Å². The SMILES string of the molecule is Fc1ccc(Nc2cc(-c3ccccc3)nc(NC3CCCC3)n2)c(F)c1F. The zero-order chi connectivity index (χ0) is 19.5. The van der Waals surface area contributed by atoms with Crippen LogP contribution in [0.3, 0.4) is 0 Å². The minimum atomic E-state index is -1.52. The summed E-state index contributed by atoms with van der Waals surface area (Å²) in [4.78, 5) is 8.97. The fourth-order valence-electron chi connectivity index (χ4n) is 3.35. The van der Waals surface area contributed by atoms with Crippen LogP contribution < -0.4 is 10.6 Å². The molecule has 3 aromatic rings. The van der Waals surface area contributed by atoms with Gasteiger partial charge in [-0.15, -0.1) is 0 Å². The molecular weight excluding hydrogens is 365 g/mol. The minimum absolute atomic E-state index is 0.191. The molecule has 0 bridgehead atoms. The average molecular weight is 384 g/mol. The predicted octanol–water partition coefficient (Wildman–Crippen LogP) is 5.66. The molecule has 4 nitrogen and oxygen atoms in total. The highest BCUT2D eigenvalue weighted by Gasteiger charge is 2.18. The van der Waals surface area contributed by atoms with Crippen LogP contribution >= 0.6 is 0 Å². The largest absolute Gasteiger partial charge is 0.351 e. The first-order valence-electron chi connectivity index (χ1n) is 9.22. The molecule has 1 aliphatic carbocycles. The van der Waals surface area contributed by atoms with Crippen molar-refractivity contribution < 1.29 is 13.2 Å². The molecule has 2 aromatic carbocycles. The number of benzene rings is 2. The van der Waals surface area contributed by atoms with Crippen LogP contribution in [-0.2, 0) is 0 Å². The Balaban J connectivity index is 1.70. The number of halogens is 3. The van der Waals surface area contributed by atoms with Gasteiger partial charge >= 0.3 is 0 Å². The van der Waals surface area contributed by atoms with Gasteiger partial charge < -0.3 is 10.6 Å². The number of rotatable bonds is 5. The molecule has 0 amide bonds. The Morgan fingerprint density at radius 2 is 1.61 bits per heavy atom. The summed E-state index contributed by atoms with van der Waals surface area (Å²) in [6.07, 6.45) is 4.39. The third kappa shape index (κ3) is 3.93. The molecule has 2 N–H and O–H groups in total. The quantitative estimate of drug-likeness (QED) is 0.558. The Morgan fingerprint density at radius 1 is 0.857 bits per heavy atom. The molecular formula is C21H19F3N4. The molecule has 0 spiro atoms. The number of hydrogen-bond acceptors (Lipinski definition) is 4. The van der Waals surface area contributed by atoms with Gasteiger partial charge in [0.25, 0.3) is 0 Å². The van der Waals surface area contributed by atoms with E-state index >= 15 is 0 Å². The summed E-state index contributed by atoms with van der Waals surface area (Å²) in [6.45, 7) is 0. The van der Waals surface area contributed by atoms with E-state index in [1.165, 1.54) is 0 Å². The highest BCUT2D eigenvalue weighted by Crippen LogP contribution is 2.28. The van der Waals surface area contributed by atoms with E-state index in [0.29, 0.717) is 23.5 Å². The molecule has 28 heavy (non-hydrogen) atoms. The molecule has 7 heteroatoms. The second-order valence-electron chi connectivity index (χ2n) is 6.80. The standard InChI is InChI=1S/C21H19F3N4/c22-15-10-11-16(20(24)19(15)23)26-18-12-17(13-6-2-1-3-7-13)27-21(28-18)25-14-8-4-5-9-14/h1-3,6-7,10-12,14H,4-5,8-9H2,(H2,25,26,27,28). The highest BCUT2D eigenvalue weighted by molar-refractivity contribution is 5.67. The number of hydrogen-bond donors (Lipinski definition) is 2. The van der Waals surface area contributed by atoms with Crippen LogP contribution in [0.15, 0.2) is 48.5 Å². The zero-order valence-corrected chi connectivity index (χ0v) is 15.1. The van der Waals surface area contributed by atoms with Crippen molar-refractivity contribution in [2.75, 3.05) is 10.6 Å². The molecule has 4 rings (SSSR count). The van der Waals surface area contributed by atoms with Gasteiger partial charge in [0.1, 0.15) is 5.82 Å². The second kappa shape index (κ2) is 7.88. The number of anilines is 3. The van der Waals surface area contributed by atoms with Crippen molar-refractivity contribution in [3.8, 4) is 11.3 Å². The maximum Gasteiger partial charge on any atom is 0.225 e. The number of nitrogens with one attached hydrogen (secondary N) is 2. The van der Waals surface area contributed by atoms with Crippen molar-refractivity contribution >= 4 is 17.5 Å². The lowest BCUT2D eigenvalue weighted by molar-refractivity contribution is 0.449. The van der Waals surface area contributed by atoms with Crippen LogP contribution in [0.25, 0.3) is 11.3 Å². The van der Waals surface area contributed by atoms with Crippen LogP contribution in [0.5, 0.6) is 0 Å². The Bertz CT molecular complexity index is 973. The zero-order valence-electron chi connectivity index (χ0n) is 15.1. The Kier molecular flexibility index (Phi) is 5.14. The predicted molar refractivity (Wildman–Crippen MR) is 103 cm³/mol. The summed E-state index contributed by atoms with van der Waals surface area (Å²) >= 11 is 0. The third-order valence-electron chi connectivity index (χ3n) is 4.78. The van der Waals surface area contributed by atoms with E-state index < -0.39 is 17.5 Å². The van der Waals surface area contributed by atoms with Crippen LogP contribution in [0.4, 0.5) is 30.6 Å². The molecule has 0 atom stereocenters. The van der Waals surface area contributed by atoms with Gasteiger partial charge in [0.15, 0.2) is 17.5 Å². The van der Waals surface area contributed by atoms with Gasteiger partial charge in [-0.05, 0) is 25.0 Å². The first kappa shape index (κ1) is 18.3. The maximum absolute atomic E-state index is 14.1. The number of aromatic nitrogens is 2. The van der Waals surface area contributed by atoms with Crippen molar-refractivity contribution in [1.82, 2.24) is 9.97 Å². The summed E-state index contributed by atoms with van der Waals surface area (Å²) < 4.78 is 40.8. The van der Waals surface area contributed by atoms with Gasteiger partial charge in [-0.3, -0.25) is 0 Å². The van der Waals surface area contributed by atoms with Crippen LogP contribution in [0, 0.1) is 17.5 Å². The Labute approximate surface area is 160 Å². The van der Waals surface area contributed by atoms with Gasteiger partial charge in [-0.2, -0.15) is 4.98 Å². The summed E-state index contributed by atoms with van der Waals surface area (Å²) in [5.74, 6) is -3.34. The van der Waals surface area contributed by atoms with E-state index in [9.17, 15) is 13.2 Å². The molecule has 0 radical (unpaired) electrons. The fourth-order valence-corrected chi connectivity index (χ4v) is 3.35. The molecule has 1 aromatic heterocycles. The molecule has 1 fully saturated rings. The fraction of sp³-hybridized carbons (Fsp3) is 0.238. The second-order valence-corrected chi connectivity index (χ2v) is 6.80. The molecule has 1 aliphatic rings. The monoisotopic (exact) mass is 384 g/mol. The summed E-state index contributed by atoms with van der Waals surface area (Å²) in [5, 5.41) is 6.07. The van der Waals surface area contributed by atoms with Gasteiger partial charge in [-0.1, -0.05) is 43.2 Å². The van der Waals surface area contributed by atoms with E-state index in [0.717, 1.165) is 43.4 Å². The van der Waals surface area contributed by atoms with Crippen LogP contribution in [0.2, 0.25) is 0 Å². The van der Waals surface area contributed by atoms with Crippen molar-refractivity contribution in [2.45, 2.75) is 31.7 Å². The molecule has 1 saturated carbocycles. The van der Waals surface area contributed by atoms with Crippen LogP contribution in [-0.4, -0.2) is 16.0 Å². The van der Waals surface area contributed by atoms with Crippen LogP contribution in [0.1, 0.15) is 25.7 Å². The lowest BCUT2D eigenvalue weighted by Gasteiger charge is -2.15. The lowest BCUT2D eigenvalue weighted by Crippen LogP contribution is -2.17. The summed E-state index contributed by atoms with van der Waals surface area (Å²) in [5.41, 5.74) is 1.32. The van der Waals surface area contributed by atoms with E-state index in [2.05, 4.69) is 20.6 Å². The first-order valence-corrected chi connectivity index (χ1v) is 9.22. The highest BCUT2D eigenvalue weighted by atomic mass is 19.2. The molecule has 0 aliphatic heterocycles. The van der Waals surface area contributed by atoms with Gasteiger partial charge in [0.2, 0.25) is 5.95 Å². The first-order chi connectivity index (χ1) is 13.6. The maximum atomic E-state index is 14.1. The van der Waals surface area contributed by atoms with E-state index in [1.807, 2.05) is 30.3 Å². The summed E-state index contributed by atoms with van der Waals surface area (Å²) in [6, 6.07) is 13.5. The molecule has 1 heterocycles. The molecule has 0 saturated heterocycles. The van der Waals surface area contributed by atoms with Gasteiger partial charge in [0, 0.05) is 17.7 Å². The molecule has 144 valence electrons. The van der Waals surface area contributed by atoms with E-state index in [-0.39, 0.29) is 5.69 Å². The normalized spacial score (nSPS) is 14.2. The van der Waals surface area contributed by atoms with Crippen molar-refractivity contribution in [3.05, 3.63) is 66.0 Å². The van der Waals surface area contributed by atoms with Gasteiger partial charge in [-0.25, -0.2) is 18.2 Å². The Morgan fingerprint density at radius 3 is 2.36 bits per heavy atom. The Hall–Kier alpha value is -3.09. The van der Waals surface area contributed by atoms with E-state index in [1.54, 1.807) is 6.07 Å². The summed E-state index contributed by atoms with van der Waals surface area (Å²) in [7, 11) is 0. The topological polar surface area (TPSA) is 49.8 Å². The lowest BCUT2D eigenvalue weighted by atomic mass is 10.1. The van der Waals surface area contributed by atoms with E-state index in [4.69, 9.17) is 0 Å². The van der Waals surface area contributed by atoms with Crippen molar-refractivity contribution in [2.24, 2.45) is 0 Å². The van der Waals surface area contributed by atoms with Crippen molar-refractivity contribution in [1.29, 1.82) is 0 Å². The molecule has 0 unspecified atom stereocenters. The smallest absolute Gasteiger partial charge is 0.225 e. The minimum Gasteiger partial charge on any atom is -0.351 e. The number of nitrogens with zero attached hydrogens (tertiary/aromatic N) is 2.